The maximum atomic E-state index is 12.1. The van der Waals surface area contributed by atoms with Gasteiger partial charge in [0.2, 0.25) is 0 Å². The van der Waals surface area contributed by atoms with Crippen LogP contribution in [-0.4, -0.2) is 27.9 Å². The van der Waals surface area contributed by atoms with Crippen molar-refractivity contribution in [3.63, 3.8) is 0 Å². The second-order valence-corrected chi connectivity index (χ2v) is 5.18. The summed E-state index contributed by atoms with van der Waals surface area (Å²) in [4.78, 5) is 32.0. The van der Waals surface area contributed by atoms with Crippen LogP contribution >= 0.6 is 11.3 Å². The fourth-order valence-corrected chi connectivity index (χ4v) is 2.30. The van der Waals surface area contributed by atoms with Crippen LogP contribution in [0.5, 0.6) is 0 Å². The molecule has 7 heteroatoms. The Kier molecular flexibility index (Phi) is 4.99. The van der Waals surface area contributed by atoms with Gasteiger partial charge in [0.15, 0.2) is 11.2 Å². The Morgan fingerprint density at radius 1 is 1.38 bits per heavy atom. The first kappa shape index (κ1) is 15.1. The Balaban J connectivity index is 1.99. The van der Waals surface area contributed by atoms with Crippen LogP contribution < -0.4 is 5.32 Å². The molecule has 0 aliphatic carbocycles. The summed E-state index contributed by atoms with van der Waals surface area (Å²) in [6, 6.07) is 3.08. The standard InChI is InChI=1S/C14H15N3O3S/c1-3-11(12(18)17-14-16-9(2)8-21-14)20-13(19)10-4-6-15-7-5-10/h4-8,11H,3H2,1-2H3,(H,16,17,18). The number of esters is 1. The number of nitrogens with zero attached hydrogens (tertiary/aromatic N) is 2. The minimum atomic E-state index is -0.852. The van der Waals surface area contributed by atoms with Gasteiger partial charge in [0, 0.05) is 17.8 Å². The molecule has 0 aliphatic rings. The van der Waals surface area contributed by atoms with Crippen LogP contribution in [0.3, 0.4) is 0 Å². The number of hydrogen-bond acceptors (Lipinski definition) is 6. The number of hydrogen-bond donors (Lipinski definition) is 1. The first-order valence-corrected chi connectivity index (χ1v) is 7.32. The molecule has 1 amide bonds. The summed E-state index contributed by atoms with van der Waals surface area (Å²) in [7, 11) is 0. The maximum absolute atomic E-state index is 12.1. The van der Waals surface area contributed by atoms with Gasteiger partial charge in [-0.3, -0.25) is 15.1 Å². The summed E-state index contributed by atoms with van der Waals surface area (Å²) in [5, 5.41) is 4.98. The van der Waals surface area contributed by atoms with Gasteiger partial charge in [-0.05, 0) is 25.5 Å². The van der Waals surface area contributed by atoms with Crippen molar-refractivity contribution in [2.75, 3.05) is 5.32 Å². The van der Waals surface area contributed by atoms with Crippen LogP contribution in [-0.2, 0) is 9.53 Å². The van der Waals surface area contributed by atoms with E-state index < -0.39 is 12.1 Å². The normalized spacial score (nSPS) is 11.7. The van der Waals surface area contributed by atoms with Crippen molar-refractivity contribution in [3.05, 3.63) is 41.2 Å². The smallest absolute Gasteiger partial charge is 0.339 e. The third-order valence-electron chi connectivity index (χ3n) is 2.68. The number of anilines is 1. The molecule has 21 heavy (non-hydrogen) atoms. The Bertz CT molecular complexity index is 627. The summed E-state index contributed by atoms with van der Waals surface area (Å²) in [5.74, 6) is -0.927. The van der Waals surface area contributed by atoms with Gasteiger partial charge in [0.05, 0.1) is 11.3 Å². The minimum absolute atomic E-state index is 0.362. The van der Waals surface area contributed by atoms with Crippen molar-refractivity contribution >= 4 is 28.3 Å². The molecule has 1 N–H and O–H groups in total. The summed E-state index contributed by atoms with van der Waals surface area (Å²) in [6.45, 7) is 3.62. The molecular weight excluding hydrogens is 290 g/mol. The average Bonchev–Trinajstić information content (AvgIpc) is 2.90. The highest BCUT2D eigenvalue weighted by molar-refractivity contribution is 7.13. The van der Waals surface area contributed by atoms with Crippen molar-refractivity contribution in [1.29, 1.82) is 0 Å². The summed E-state index contributed by atoms with van der Waals surface area (Å²) < 4.78 is 5.22. The van der Waals surface area contributed by atoms with Crippen LogP contribution in [0.25, 0.3) is 0 Å². The first-order valence-electron chi connectivity index (χ1n) is 6.44. The molecular formula is C14H15N3O3S. The van der Waals surface area contributed by atoms with E-state index in [-0.39, 0.29) is 5.91 Å². The Hall–Kier alpha value is -2.28. The Morgan fingerprint density at radius 3 is 2.67 bits per heavy atom. The molecule has 2 aromatic heterocycles. The number of nitrogens with one attached hydrogen (secondary N) is 1. The van der Waals surface area contributed by atoms with E-state index in [0.717, 1.165) is 5.69 Å². The highest BCUT2D eigenvalue weighted by atomic mass is 32.1. The van der Waals surface area contributed by atoms with Gasteiger partial charge in [-0.2, -0.15) is 0 Å². The van der Waals surface area contributed by atoms with Crippen molar-refractivity contribution in [2.45, 2.75) is 26.4 Å². The van der Waals surface area contributed by atoms with Crippen LogP contribution in [0.2, 0.25) is 0 Å². The quantitative estimate of drug-likeness (QED) is 0.858. The second kappa shape index (κ2) is 6.94. The van der Waals surface area contributed by atoms with Crippen LogP contribution in [0.4, 0.5) is 5.13 Å². The van der Waals surface area contributed by atoms with E-state index >= 15 is 0 Å². The summed E-state index contributed by atoms with van der Waals surface area (Å²) in [5.41, 5.74) is 1.19. The number of ether oxygens (including phenoxy) is 1. The lowest BCUT2D eigenvalue weighted by atomic mass is 10.2. The zero-order chi connectivity index (χ0) is 15.2. The first-order chi connectivity index (χ1) is 10.1. The molecule has 1 atom stereocenters. The third-order valence-corrected chi connectivity index (χ3v) is 3.55. The van der Waals surface area contributed by atoms with Gasteiger partial charge >= 0.3 is 5.97 Å². The van der Waals surface area contributed by atoms with E-state index in [9.17, 15) is 9.59 Å². The predicted octanol–water partition coefficient (Wildman–Crippen LogP) is 2.42. The molecule has 0 aliphatic heterocycles. The second-order valence-electron chi connectivity index (χ2n) is 4.32. The lowest BCUT2D eigenvalue weighted by Gasteiger charge is -2.15. The topological polar surface area (TPSA) is 81.2 Å². The zero-order valence-corrected chi connectivity index (χ0v) is 12.5. The fourth-order valence-electron chi connectivity index (χ4n) is 1.60. The lowest BCUT2D eigenvalue weighted by Crippen LogP contribution is -2.32. The van der Waals surface area contributed by atoms with Crippen LogP contribution in [0.1, 0.15) is 29.4 Å². The highest BCUT2D eigenvalue weighted by Gasteiger charge is 2.22. The van der Waals surface area contributed by atoms with Crippen LogP contribution in [0, 0.1) is 6.92 Å². The number of aryl methyl sites for hydroxylation is 1. The Labute approximate surface area is 126 Å². The number of carbonyl (C=O) groups excluding carboxylic acids is 2. The molecule has 0 aromatic carbocycles. The Morgan fingerprint density at radius 2 is 2.10 bits per heavy atom. The molecule has 2 rings (SSSR count). The van der Waals surface area contributed by atoms with Gasteiger partial charge in [0.1, 0.15) is 0 Å². The van der Waals surface area contributed by atoms with E-state index in [4.69, 9.17) is 4.74 Å². The summed E-state index contributed by atoms with van der Waals surface area (Å²) in [6.07, 6.45) is 2.52. The number of aromatic nitrogens is 2. The van der Waals surface area contributed by atoms with Gasteiger partial charge in [-0.1, -0.05) is 6.92 Å². The van der Waals surface area contributed by atoms with Gasteiger partial charge in [-0.25, -0.2) is 9.78 Å². The number of carbonyl (C=O) groups is 2. The molecule has 0 saturated heterocycles. The molecule has 110 valence electrons. The molecule has 0 bridgehead atoms. The van der Waals surface area contributed by atoms with Crippen molar-refractivity contribution in [1.82, 2.24) is 9.97 Å². The van der Waals surface area contributed by atoms with Gasteiger partial charge in [0.25, 0.3) is 5.91 Å². The fraction of sp³-hybridized carbons (Fsp3) is 0.286. The number of thiazole rings is 1. The van der Waals surface area contributed by atoms with Gasteiger partial charge < -0.3 is 4.74 Å². The zero-order valence-electron chi connectivity index (χ0n) is 11.7. The third kappa shape index (κ3) is 4.09. The molecule has 2 heterocycles. The van der Waals surface area contributed by atoms with E-state index in [1.54, 1.807) is 6.92 Å². The van der Waals surface area contributed by atoms with E-state index in [2.05, 4.69) is 15.3 Å². The largest absolute Gasteiger partial charge is 0.449 e. The predicted molar refractivity (Wildman–Crippen MR) is 79.2 cm³/mol. The van der Waals surface area contributed by atoms with E-state index in [1.807, 2.05) is 12.3 Å². The number of rotatable bonds is 5. The molecule has 0 spiro atoms. The molecule has 0 radical (unpaired) electrons. The number of pyridine rings is 1. The maximum Gasteiger partial charge on any atom is 0.339 e. The monoisotopic (exact) mass is 305 g/mol. The molecule has 1 unspecified atom stereocenters. The highest BCUT2D eigenvalue weighted by Crippen LogP contribution is 2.16. The van der Waals surface area contributed by atoms with Crippen molar-refractivity contribution < 1.29 is 14.3 Å². The average molecular weight is 305 g/mol. The molecule has 2 aromatic rings. The minimum Gasteiger partial charge on any atom is -0.449 e. The molecule has 0 saturated carbocycles. The van der Waals surface area contributed by atoms with E-state index in [0.29, 0.717) is 17.1 Å². The van der Waals surface area contributed by atoms with E-state index in [1.165, 1.54) is 35.9 Å². The summed E-state index contributed by atoms with van der Waals surface area (Å²) >= 11 is 1.33. The lowest BCUT2D eigenvalue weighted by molar-refractivity contribution is -0.124. The molecule has 6 nitrogen and oxygen atoms in total. The van der Waals surface area contributed by atoms with Crippen LogP contribution in [0.15, 0.2) is 29.9 Å². The molecule has 0 fully saturated rings. The van der Waals surface area contributed by atoms with Gasteiger partial charge in [-0.15, -0.1) is 11.3 Å². The van der Waals surface area contributed by atoms with Crippen molar-refractivity contribution in [2.24, 2.45) is 0 Å². The number of amides is 1. The van der Waals surface area contributed by atoms with Crippen molar-refractivity contribution in [3.8, 4) is 0 Å². The SMILES string of the molecule is CCC(OC(=O)c1ccncc1)C(=O)Nc1nc(C)cs1.